The summed E-state index contributed by atoms with van der Waals surface area (Å²) in [5.74, 6) is 0.541. The highest BCUT2D eigenvalue weighted by Crippen LogP contribution is 2.46. The molecule has 2 atom stereocenters. The number of benzene rings is 1. The van der Waals surface area contributed by atoms with Gasteiger partial charge in [-0.3, -0.25) is 9.59 Å². The average Bonchev–Trinajstić information content (AvgIpc) is 3.23. The van der Waals surface area contributed by atoms with E-state index in [2.05, 4.69) is 5.32 Å². The molecule has 2 saturated carbocycles. The fraction of sp³-hybridized carbons (Fsp3) is 0.579. The van der Waals surface area contributed by atoms with E-state index >= 15 is 0 Å². The molecule has 0 radical (unpaired) electrons. The molecule has 6 heteroatoms. The highest BCUT2D eigenvalue weighted by Gasteiger charge is 2.42. The van der Waals surface area contributed by atoms with Crippen molar-refractivity contribution in [3.8, 4) is 11.5 Å². The van der Waals surface area contributed by atoms with Crippen molar-refractivity contribution in [2.24, 2.45) is 11.8 Å². The number of hydrogen-bond acceptors (Lipinski definition) is 5. The average molecular weight is 345 g/mol. The van der Waals surface area contributed by atoms with Crippen LogP contribution in [0.15, 0.2) is 18.2 Å². The van der Waals surface area contributed by atoms with E-state index in [1.54, 1.807) is 12.1 Å². The molecule has 1 N–H and O–H groups in total. The number of esters is 1. The molecule has 2 aliphatic carbocycles. The molecule has 25 heavy (non-hydrogen) atoms. The summed E-state index contributed by atoms with van der Waals surface area (Å²) in [4.78, 5) is 23.6. The van der Waals surface area contributed by atoms with Gasteiger partial charge in [0.15, 0.2) is 18.1 Å². The van der Waals surface area contributed by atoms with Gasteiger partial charge in [-0.1, -0.05) is 13.3 Å². The van der Waals surface area contributed by atoms with Gasteiger partial charge >= 0.3 is 5.97 Å². The van der Waals surface area contributed by atoms with Gasteiger partial charge in [-0.05, 0) is 37.3 Å². The van der Waals surface area contributed by atoms with Crippen molar-refractivity contribution in [1.29, 1.82) is 0 Å². The summed E-state index contributed by atoms with van der Waals surface area (Å²) in [6, 6.07) is 5.35. The molecule has 1 heterocycles. The zero-order chi connectivity index (χ0) is 17.4. The van der Waals surface area contributed by atoms with Gasteiger partial charge in [-0.15, -0.1) is 0 Å². The quantitative estimate of drug-likeness (QED) is 0.848. The van der Waals surface area contributed by atoms with E-state index in [4.69, 9.17) is 14.2 Å². The van der Waals surface area contributed by atoms with Crippen LogP contribution in [0.1, 0.15) is 45.4 Å². The van der Waals surface area contributed by atoms with Gasteiger partial charge in [0.2, 0.25) is 0 Å². The molecular weight excluding hydrogens is 322 g/mol. The minimum Gasteiger partial charge on any atom is -0.455 e. The zero-order valence-corrected chi connectivity index (χ0v) is 14.4. The fourth-order valence-electron chi connectivity index (χ4n) is 3.56. The number of anilines is 1. The minimum atomic E-state index is -0.528. The molecule has 134 valence electrons. The summed E-state index contributed by atoms with van der Waals surface area (Å²) in [6.45, 7) is 1.73. The Bertz CT molecular complexity index is 695. The van der Waals surface area contributed by atoms with Crippen LogP contribution < -0.4 is 14.8 Å². The first kappa shape index (κ1) is 16.2. The van der Waals surface area contributed by atoms with Crippen LogP contribution in [0.4, 0.5) is 5.69 Å². The van der Waals surface area contributed by atoms with Crippen molar-refractivity contribution in [3.63, 3.8) is 0 Å². The monoisotopic (exact) mass is 345 g/mol. The van der Waals surface area contributed by atoms with Crippen LogP contribution in [0, 0.1) is 11.8 Å². The van der Waals surface area contributed by atoms with Crippen molar-refractivity contribution in [2.45, 2.75) is 51.2 Å². The number of carbonyl (C=O) groups excluding carboxylic acids is 2. The molecule has 0 saturated heterocycles. The molecule has 1 aliphatic heterocycles. The maximum atomic E-state index is 12.0. The topological polar surface area (TPSA) is 73.9 Å². The summed E-state index contributed by atoms with van der Waals surface area (Å²) in [6.07, 6.45) is 6.04. The second kappa shape index (κ2) is 6.24. The molecule has 1 spiro atoms. The van der Waals surface area contributed by atoms with Crippen molar-refractivity contribution in [3.05, 3.63) is 18.2 Å². The molecule has 1 amide bonds. The molecule has 0 aromatic heterocycles. The lowest BCUT2D eigenvalue weighted by atomic mass is 9.94. The third kappa shape index (κ3) is 3.43. The Hall–Kier alpha value is -2.24. The first-order chi connectivity index (χ1) is 12.0. The second-order valence-corrected chi connectivity index (χ2v) is 7.31. The van der Waals surface area contributed by atoms with E-state index in [9.17, 15) is 9.59 Å². The summed E-state index contributed by atoms with van der Waals surface area (Å²) in [7, 11) is 0. The van der Waals surface area contributed by atoms with E-state index in [1.165, 1.54) is 6.42 Å². The van der Waals surface area contributed by atoms with Crippen LogP contribution in [0.5, 0.6) is 11.5 Å². The predicted octanol–water partition coefficient (Wildman–Crippen LogP) is 3.26. The number of nitrogens with one attached hydrogen (secondary N) is 1. The Kier molecular flexibility index (Phi) is 4.06. The van der Waals surface area contributed by atoms with Crippen LogP contribution in [0.2, 0.25) is 0 Å². The first-order valence-corrected chi connectivity index (χ1v) is 9.03. The first-order valence-electron chi connectivity index (χ1n) is 9.03. The van der Waals surface area contributed by atoms with E-state index in [0.29, 0.717) is 23.1 Å². The summed E-state index contributed by atoms with van der Waals surface area (Å²) in [5, 5.41) is 2.74. The van der Waals surface area contributed by atoms with Crippen LogP contribution in [-0.4, -0.2) is 24.3 Å². The highest BCUT2D eigenvalue weighted by atomic mass is 16.7. The molecule has 1 aromatic carbocycles. The number of hydrogen-bond donors (Lipinski definition) is 1. The van der Waals surface area contributed by atoms with Crippen LogP contribution >= 0.6 is 0 Å². The molecule has 1 aromatic rings. The minimum absolute atomic E-state index is 0.0370. The van der Waals surface area contributed by atoms with Gasteiger partial charge in [-0.25, -0.2) is 0 Å². The maximum Gasteiger partial charge on any atom is 0.309 e. The highest BCUT2D eigenvalue weighted by molar-refractivity contribution is 5.93. The SMILES string of the molecule is C[C@H]1C[C@@H]1C(=O)OCC(=O)Nc1ccc2c(c1)OC1(CCCCC1)O2. The van der Waals surface area contributed by atoms with E-state index in [1.807, 2.05) is 13.0 Å². The lowest BCUT2D eigenvalue weighted by Gasteiger charge is -2.31. The van der Waals surface area contributed by atoms with Crippen molar-refractivity contribution < 1.29 is 23.8 Å². The van der Waals surface area contributed by atoms with E-state index < -0.39 is 5.79 Å². The van der Waals surface area contributed by atoms with Crippen molar-refractivity contribution >= 4 is 17.6 Å². The normalized spacial score (nSPS) is 25.5. The van der Waals surface area contributed by atoms with Crippen LogP contribution in [0.25, 0.3) is 0 Å². The Morgan fingerprint density at radius 1 is 1.20 bits per heavy atom. The maximum absolute atomic E-state index is 12.0. The number of rotatable bonds is 4. The van der Waals surface area contributed by atoms with Crippen LogP contribution in [0.3, 0.4) is 0 Å². The van der Waals surface area contributed by atoms with E-state index in [-0.39, 0.29) is 24.4 Å². The third-order valence-corrected chi connectivity index (χ3v) is 5.19. The lowest BCUT2D eigenvalue weighted by molar-refractivity contribution is -0.148. The molecule has 0 unspecified atom stereocenters. The number of ether oxygens (including phenoxy) is 3. The predicted molar refractivity (Wildman–Crippen MR) is 90.4 cm³/mol. The number of amides is 1. The van der Waals surface area contributed by atoms with Gasteiger partial charge in [0, 0.05) is 24.6 Å². The van der Waals surface area contributed by atoms with Crippen molar-refractivity contribution in [2.75, 3.05) is 11.9 Å². The van der Waals surface area contributed by atoms with E-state index in [0.717, 1.165) is 32.1 Å². The molecular formula is C19H23NO5. The van der Waals surface area contributed by atoms with Crippen molar-refractivity contribution in [1.82, 2.24) is 0 Å². The summed E-state index contributed by atoms with van der Waals surface area (Å²) < 4.78 is 17.1. The number of carbonyl (C=O) groups is 2. The Labute approximate surface area is 146 Å². The Balaban J connectivity index is 1.33. The smallest absolute Gasteiger partial charge is 0.309 e. The molecule has 2 fully saturated rings. The third-order valence-electron chi connectivity index (χ3n) is 5.19. The van der Waals surface area contributed by atoms with Gasteiger partial charge in [0.05, 0.1) is 5.92 Å². The molecule has 3 aliphatic rings. The fourth-order valence-corrected chi connectivity index (χ4v) is 3.56. The lowest BCUT2D eigenvalue weighted by Crippen LogP contribution is -2.40. The Morgan fingerprint density at radius 2 is 1.92 bits per heavy atom. The molecule has 0 bridgehead atoms. The van der Waals surface area contributed by atoms with Gasteiger partial charge < -0.3 is 19.5 Å². The Morgan fingerprint density at radius 3 is 2.64 bits per heavy atom. The number of fused-ring (bicyclic) bond motifs is 1. The molecule has 4 rings (SSSR count). The van der Waals surface area contributed by atoms with Gasteiger partial charge in [0.1, 0.15) is 0 Å². The molecule has 6 nitrogen and oxygen atoms in total. The van der Waals surface area contributed by atoms with Gasteiger partial charge in [-0.2, -0.15) is 0 Å². The van der Waals surface area contributed by atoms with Gasteiger partial charge in [0.25, 0.3) is 11.7 Å². The summed E-state index contributed by atoms with van der Waals surface area (Å²) >= 11 is 0. The second-order valence-electron chi connectivity index (χ2n) is 7.31. The standard InChI is InChI=1S/C19H23NO5/c1-12-9-14(12)18(22)23-11-17(21)20-13-5-6-15-16(10-13)25-19(24-15)7-3-2-4-8-19/h5-6,10,12,14H,2-4,7-9,11H2,1H3,(H,20,21)/t12-,14-/m0/s1. The van der Waals surface area contributed by atoms with Crippen LogP contribution in [-0.2, 0) is 14.3 Å². The zero-order valence-electron chi connectivity index (χ0n) is 14.4. The summed E-state index contributed by atoms with van der Waals surface area (Å²) in [5.41, 5.74) is 0.607. The largest absolute Gasteiger partial charge is 0.455 e.